The van der Waals surface area contributed by atoms with Gasteiger partial charge in [0.1, 0.15) is 5.71 Å². The first-order chi connectivity index (χ1) is 9.43. The minimum Gasteiger partial charge on any atom is -0.396 e. The maximum Gasteiger partial charge on any atom is 0.228 e. The molecule has 2 aromatic carbocycles. The van der Waals surface area contributed by atoms with Crippen LogP contribution < -0.4 is 21.9 Å². The number of aryl methyl sites for hydroxylation is 2. The fraction of sp³-hybridized carbons (Fsp3) is 0.125. The van der Waals surface area contributed by atoms with Crippen LogP contribution in [0.3, 0.4) is 0 Å². The Labute approximate surface area is 115 Å². The molecule has 1 aliphatic rings. The lowest BCUT2D eigenvalue weighted by Crippen LogP contribution is -2.46. The summed E-state index contributed by atoms with van der Waals surface area (Å²) in [6, 6.07) is 7.88. The van der Waals surface area contributed by atoms with Crippen LogP contribution in [0.15, 0.2) is 24.3 Å². The van der Waals surface area contributed by atoms with Crippen LogP contribution in [0.4, 0.5) is 0 Å². The van der Waals surface area contributed by atoms with Gasteiger partial charge in [-0.3, -0.25) is 10.2 Å². The minimum absolute atomic E-state index is 0.103. The van der Waals surface area contributed by atoms with Crippen LogP contribution >= 0.6 is 0 Å². The van der Waals surface area contributed by atoms with Crippen LogP contribution in [-0.2, 0) is 4.79 Å². The van der Waals surface area contributed by atoms with E-state index in [0.717, 1.165) is 21.9 Å². The number of nitrogens with one attached hydrogen (secondary N) is 1. The molecule has 1 aliphatic carbocycles. The van der Waals surface area contributed by atoms with Crippen molar-refractivity contribution in [3.8, 4) is 0 Å². The first kappa shape index (κ1) is 12.4. The van der Waals surface area contributed by atoms with E-state index in [2.05, 4.69) is 0 Å². The number of rotatable bonds is 0. The van der Waals surface area contributed by atoms with E-state index in [1.807, 2.05) is 38.1 Å². The van der Waals surface area contributed by atoms with Crippen LogP contribution in [0, 0.1) is 19.3 Å². The van der Waals surface area contributed by atoms with Gasteiger partial charge in [0.2, 0.25) is 5.78 Å². The van der Waals surface area contributed by atoms with E-state index in [-0.39, 0.29) is 17.1 Å². The summed E-state index contributed by atoms with van der Waals surface area (Å²) < 4.78 is 0. The van der Waals surface area contributed by atoms with Gasteiger partial charge in [-0.2, -0.15) is 0 Å². The molecule has 0 atom stereocenters. The van der Waals surface area contributed by atoms with Crippen molar-refractivity contribution >= 4 is 33.7 Å². The molecule has 0 saturated carbocycles. The van der Waals surface area contributed by atoms with Crippen molar-refractivity contribution in [3.63, 3.8) is 0 Å². The largest absolute Gasteiger partial charge is 0.396 e. The van der Waals surface area contributed by atoms with Crippen molar-refractivity contribution in [2.24, 2.45) is 11.5 Å². The fourth-order valence-electron chi connectivity index (χ4n) is 2.94. The van der Waals surface area contributed by atoms with E-state index in [1.165, 1.54) is 0 Å². The zero-order chi connectivity index (χ0) is 14.6. The number of carbonyl (C=O) groups is 1. The van der Waals surface area contributed by atoms with Gasteiger partial charge in [0.05, 0.1) is 11.4 Å². The highest BCUT2D eigenvalue weighted by Crippen LogP contribution is 2.19. The van der Waals surface area contributed by atoms with Gasteiger partial charge in [0.15, 0.2) is 0 Å². The number of Topliss-reactive ketones (excluding diaryl/α,β-unsaturated/α-hetero) is 1. The lowest BCUT2D eigenvalue weighted by atomic mass is 9.91. The van der Waals surface area contributed by atoms with Gasteiger partial charge in [-0.15, -0.1) is 0 Å². The normalized spacial score (nSPS) is 14.9. The van der Waals surface area contributed by atoms with Gasteiger partial charge in [0, 0.05) is 10.4 Å². The number of hydrogen-bond donors (Lipinski definition) is 3. The van der Waals surface area contributed by atoms with Crippen LogP contribution in [0.2, 0.25) is 0 Å². The molecule has 20 heavy (non-hydrogen) atoms. The summed E-state index contributed by atoms with van der Waals surface area (Å²) in [5.41, 5.74) is 14.1. The Bertz CT molecular complexity index is 923. The second-order valence-corrected chi connectivity index (χ2v) is 5.13. The summed E-state index contributed by atoms with van der Waals surface area (Å²) >= 11 is 0. The molecule has 2 aromatic rings. The number of fused-ring (bicyclic) bond motifs is 2. The third-order valence-corrected chi connectivity index (χ3v) is 3.92. The maximum absolute atomic E-state index is 11.9. The molecule has 4 heteroatoms. The molecule has 0 unspecified atom stereocenters. The first-order valence-electron chi connectivity index (χ1n) is 6.35. The van der Waals surface area contributed by atoms with Gasteiger partial charge in [-0.05, 0) is 41.8 Å². The molecule has 5 N–H and O–H groups in total. The van der Waals surface area contributed by atoms with E-state index in [4.69, 9.17) is 16.9 Å². The average Bonchev–Trinajstić information content (AvgIpc) is 2.42. The zero-order valence-electron chi connectivity index (χ0n) is 11.4. The van der Waals surface area contributed by atoms with Crippen LogP contribution in [0.25, 0.3) is 22.2 Å². The van der Waals surface area contributed by atoms with Gasteiger partial charge in [0.25, 0.3) is 0 Å². The topological polar surface area (TPSA) is 93.0 Å². The number of hydrogen-bond acceptors (Lipinski definition) is 4. The molecule has 4 nitrogen and oxygen atoms in total. The highest BCUT2D eigenvalue weighted by atomic mass is 16.1. The quantitative estimate of drug-likeness (QED) is 0.635. The lowest BCUT2D eigenvalue weighted by molar-refractivity contribution is -0.108. The molecule has 0 radical (unpaired) electrons. The molecule has 0 bridgehead atoms. The molecule has 0 saturated heterocycles. The van der Waals surface area contributed by atoms with E-state index >= 15 is 0 Å². The molecule has 0 aliphatic heterocycles. The highest BCUT2D eigenvalue weighted by Gasteiger charge is 2.23. The number of nitrogens with two attached hydrogens (primary N) is 2. The van der Waals surface area contributed by atoms with E-state index in [0.29, 0.717) is 10.4 Å². The Kier molecular flexibility index (Phi) is 2.44. The first-order valence-corrected chi connectivity index (χ1v) is 6.35. The molecule has 0 amide bonds. The van der Waals surface area contributed by atoms with Crippen molar-refractivity contribution in [2.75, 3.05) is 0 Å². The summed E-state index contributed by atoms with van der Waals surface area (Å²) in [5.74, 6) is -0.499. The summed E-state index contributed by atoms with van der Waals surface area (Å²) in [4.78, 5) is 11.9. The second kappa shape index (κ2) is 3.93. The van der Waals surface area contributed by atoms with Gasteiger partial charge in [-0.25, -0.2) is 0 Å². The maximum atomic E-state index is 11.9. The van der Waals surface area contributed by atoms with Crippen LogP contribution in [0.5, 0.6) is 0 Å². The molecule has 3 rings (SSSR count). The standard InChI is InChI=1S/C16H15N3O/c1-7-4-3-5-9-6-10-12(8(2)11(7)9)14(18)15(19)16(20)13(10)17/h3-6,19H,17-18H2,1-2H3. The van der Waals surface area contributed by atoms with E-state index in [9.17, 15) is 4.79 Å². The lowest BCUT2D eigenvalue weighted by Gasteiger charge is -2.15. The highest BCUT2D eigenvalue weighted by molar-refractivity contribution is 6.63. The molecule has 100 valence electrons. The predicted octanol–water partition coefficient (Wildman–Crippen LogP) is 0.193. The summed E-state index contributed by atoms with van der Waals surface area (Å²) in [6.07, 6.45) is 0. The Morgan fingerprint density at radius 3 is 2.50 bits per heavy atom. The van der Waals surface area contributed by atoms with Crippen LogP contribution in [0.1, 0.15) is 11.1 Å². The van der Waals surface area contributed by atoms with Gasteiger partial charge in [-0.1, -0.05) is 18.2 Å². The molecular formula is C16H15N3O. The Balaban J connectivity index is 2.73. The average molecular weight is 265 g/mol. The third-order valence-electron chi connectivity index (χ3n) is 3.92. The van der Waals surface area contributed by atoms with Crippen molar-refractivity contribution < 1.29 is 4.79 Å². The number of ketones is 1. The predicted molar refractivity (Wildman–Crippen MR) is 80.6 cm³/mol. The minimum atomic E-state index is -0.499. The zero-order valence-corrected chi connectivity index (χ0v) is 11.4. The fourth-order valence-corrected chi connectivity index (χ4v) is 2.94. The Morgan fingerprint density at radius 1 is 1.10 bits per heavy atom. The third kappa shape index (κ3) is 1.42. The molecule has 0 heterocycles. The summed E-state index contributed by atoms with van der Waals surface area (Å²) in [5, 5.41) is 11.3. The molecule has 0 fully saturated rings. The van der Waals surface area contributed by atoms with E-state index in [1.54, 1.807) is 0 Å². The molecule has 0 spiro atoms. The van der Waals surface area contributed by atoms with Crippen molar-refractivity contribution in [1.29, 1.82) is 5.41 Å². The van der Waals surface area contributed by atoms with Crippen LogP contribution in [-0.4, -0.2) is 11.5 Å². The van der Waals surface area contributed by atoms with Crippen molar-refractivity contribution in [3.05, 3.63) is 45.8 Å². The molecular weight excluding hydrogens is 250 g/mol. The number of carbonyl (C=O) groups excluding carboxylic acids is 1. The smallest absolute Gasteiger partial charge is 0.228 e. The number of benzene rings is 2. The summed E-state index contributed by atoms with van der Waals surface area (Å²) in [6.45, 7) is 3.99. The Morgan fingerprint density at radius 2 is 1.80 bits per heavy atom. The van der Waals surface area contributed by atoms with Crippen molar-refractivity contribution in [2.45, 2.75) is 13.8 Å². The SMILES string of the molecule is Cc1cccc2cc3c(c(C)c12)=C(N)C(=N)C(=O)C=3N. The van der Waals surface area contributed by atoms with Crippen molar-refractivity contribution in [1.82, 2.24) is 0 Å². The van der Waals surface area contributed by atoms with Gasteiger partial charge < -0.3 is 11.5 Å². The monoisotopic (exact) mass is 265 g/mol. The summed E-state index contributed by atoms with van der Waals surface area (Å²) in [7, 11) is 0. The Hall–Kier alpha value is -2.62. The van der Waals surface area contributed by atoms with E-state index < -0.39 is 5.78 Å². The molecule has 0 aromatic heterocycles. The second-order valence-electron chi connectivity index (χ2n) is 5.13. The van der Waals surface area contributed by atoms with Gasteiger partial charge >= 0.3 is 0 Å².